The van der Waals surface area contributed by atoms with Crippen LogP contribution in [0.4, 0.5) is 0 Å². The van der Waals surface area contributed by atoms with Gasteiger partial charge in [0.05, 0.1) is 6.04 Å². The van der Waals surface area contributed by atoms with Gasteiger partial charge in [0.15, 0.2) is 0 Å². The van der Waals surface area contributed by atoms with Crippen LogP contribution in [0.25, 0.3) is 0 Å². The summed E-state index contributed by atoms with van der Waals surface area (Å²) in [6.07, 6.45) is 1.03. The van der Waals surface area contributed by atoms with Gasteiger partial charge in [0.2, 0.25) is 0 Å². The van der Waals surface area contributed by atoms with Crippen molar-refractivity contribution in [1.82, 2.24) is 0 Å². The van der Waals surface area contributed by atoms with Crippen LogP contribution in [0.2, 0.25) is 0 Å². The van der Waals surface area contributed by atoms with E-state index in [0.717, 1.165) is 17.7 Å². The molecule has 2 aromatic carbocycles. The molecule has 2 N–H and O–H groups in total. The van der Waals surface area contributed by atoms with E-state index in [1.807, 2.05) is 30.3 Å². The van der Waals surface area contributed by atoms with Gasteiger partial charge in [-0.05, 0) is 29.7 Å². The molecule has 0 aliphatic carbocycles. The number of ether oxygens (including phenoxy) is 1. The van der Waals surface area contributed by atoms with Gasteiger partial charge in [-0.1, -0.05) is 49.4 Å². The SMILES string of the molecule is CCc1cccc(C(N)COc2ccccc2)c1. The van der Waals surface area contributed by atoms with Crippen LogP contribution in [-0.4, -0.2) is 6.61 Å². The van der Waals surface area contributed by atoms with Crippen molar-refractivity contribution < 1.29 is 4.74 Å². The minimum absolute atomic E-state index is 0.0864. The van der Waals surface area contributed by atoms with Gasteiger partial charge in [-0.3, -0.25) is 0 Å². The average molecular weight is 241 g/mol. The molecule has 0 radical (unpaired) electrons. The standard InChI is InChI=1S/C16H19NO/c1-2-13-7-6-8-14(11-13)16(17)12-18-15-9-4-3-5-10-15/h3-11,16H,2,12,17H2,1H3. The first-order valence-corrected chi connectivity index (χ1v) is 6.32. The molecule has 0 aliphatic heterocycles. The summed E-state index contributed by atoms with van der Waals surface area (Å²) in [5, 5.41) is 0. The van der Waals surface area contributed by atoms with E-state index < -0.39 is 0 Å². The van der Waals surface area contributed by atoms with Crippen LogP contribution in [0.3, 0.4) is 0 Å². The monoisotopic (exact) mass is 241 g/mol. The Bertz CT molecular complexity index is 481. The zero-order valence-corrected chi connectivity index (χ0v) is 10.7. The molecule has 1 unspecified atom stereocenters. The van der Waals surface area contributed by atoms with Crippen LogP contribution >= 0.6 is 0 Å². The summed E-state index contributed by atoms with van der Waals surface area (Å²) in [6, 6.07) is 18.1. The number of hydrogen-bond donors (Lipinski definition) is 1. The molecule has 0 bridgehead atoms. The van der Waals surface area contributed by atoms with Gasteiger partial charge in [0, 0.05) is 0 Å². The van der Waals surface area contributed by atoms with Crippen molar-refractivity contribution in [3.8, 4) is 5.75 Å². The number of para-hydroxylation sites is 1. The predicted octanol–water partition coefficient (Wildman–Crippen LogP) is 3.33. The quantitative estimate of drug-likeness (QED) is 0.871. The third kappa shape index (κ3) is 3.34. The molecule has 0 amide bonds. The Morgan fingerprint density at radius 1 is 1.06 bits per heavy atom. The van der Waals surface area contributed by atoms with E-state index in [0.29, 0.717) is 6.61 Å². The number of rotatable bonds is 5. The molecule has 0 aliphatic rings. The van der Waals surface area contributed by atoms with Crippen molar-refractivity contribution in [3.63, 3.8) is 0 Å². The lowest BCUT2D eigenvalue weighted by molar-refractivity contribution is 0.290. The topological polar surface area (TPSA) is 35.2 Å². The molecule has 0 heterocycles. The highest BCUT2D eigenvalue weighted by Gasteiger charge is 2.07. The predicted molar refractivity (Wildman–Crippen MR) is 74.7 cm³/mol. The average Bonchev–Trinajstić information content (AvgIpc) is 2.46. The fourth-order valence-electron chi connectivity index (χ4n) is 1.84. The molecule has 18 heavy (non-hydrogen) atoms. The molecular weight excluding hydrogens is 222 g/mol. The maximum absolute atomic E-state index is 6.14. The molecule has 94 valence electrons. The Morgan fingerprint density at radius 2 is 1.83 bits per heavy atom. The number of hydrogen-bond acceptors (Lipinski definition) is 2. The smallest absolute Gasteiger partial charge is 0.119 e. The number of benzene rings is 2. The van der Waals surface area contributed by atoms with E-state index in [1.165, 1.54) is 5.56 Å². The largest absolute Gasteiger partial charge is 0.492 e. The maximum Gasteiger partial charge on any atom is 0.119 e. The molecule has 2 heteroatoms. The molecule has 1 atom stereocenters. The number of nitrogens with two attached hydrogens (primary N) is 1. The van der Waals surface area contributed by atoms with Gasteiger partial charge in [0.25, 0.3) is 0 Å². The maximum atomic E-state index is 6.14. The molecule has 0 spiro atoms. The highest BCUT2D eigenvalue weighted by Crippen LogP contribution is 2.15. The summed E-state index contributed by atoms with van der Waals surface area (Å²) in [5.41, 5.74) is 8.58. The highest BCUT2D eigenvalue weighted by molar-refractivity contribution is 5.26. The van der Waals surface area contributed by atoms with Gasteiger partial charge in [-0.15, -0.1) is 0 Å². The van der Waals surface area contributed by atoms with Gasteiger partial charge in [0.1, 0.15) is 12.4 Å². The van der Waals surface area contributed by atoms with E-state index in [2.05, 4.69) is 31.2 Å². The van der Waals surface area contributed by atoms with Crippen LogP contribution in [-0.2, 0) is 6.42 Å². The summed E-state index contributed by atoms with van der Waals surface area (Å²) >= 11 is 0. The normalized spacial score (nSPS) is 12.1. The zero-order valence-electron chi connectivity index (χ0n) is 10.7. The second-order valence-electron chi connectivity index (χ2n) is 4.33. The molecule has 2 rings (SSSR count). The Kier molecular flexibility index (Phi) is 4.37. The molecular formula is C16H19NO. The molecule has 0 saturated heterocycles. The summed E-state index contributed by atoms with van der Waals surface area (Å²) in [7, 11) is 0. The van der Waals surface area contributed by atoms with E-state index in [1.54, 1.807) is 0 Å². The first kappa shape index (κ1) is 12.7. The second-order valence-corrected chi connectivity index (χ2v) is 4.33. The van der Waals surface area contributed by atoms with Crippen LogP contribution in [0.5, 0.6) is 5.75 Å². The molecule has 0 fully saturated rings. The van der Waals surface area contributed by atoms with Crippen molar-refractivity contribution in [2.24, 2.45) is 5.73 Å². The third-order valence-electron chi connectivity index (χ3n) is 2.96. The molecule has 2 aromatic rings. The molecule has 0 saturated carbocycles. The van der Waals surface area contributed by atoms with Gasteiger partial charge in [-0.25, -0.2) is 0 Å². The summed E-state index contributed by atoms with van der Waals surface area (Å²) in [5.74, 6) is 0.861. The Morgan fingerprint density at radius 3 is 2.56 bits per heavy atom. The lowest BCUT2D eigenvalue weighted by Gasteiger charge is -2.14. The Hall–Kier alpha value is -1.80. The van der Waals surface area contributed by atoms with Gasteiger partial charge >= 0.3 is 0 Å². The highest BCUT2D eigenvalue weighted by atomic mass is 16.5. The van der Waals surface area contributed by atoms with E-state index in [4.69, 9.17) is 10.5 Å². The number of aryl methyl sites for hydroxylation is 1. The lowest BCUT2D eigenvalue weighted by Crippen LogP contribution is -2.19. The van der Waals surface area contributed by atoms with Gasteiger partial charge < -0.3 is 10.5 Å². The third-order valence-corrected chi connectivity index (χ3v) is 2.96. The van der Waals surface area contributed by atoms with E-state index in [-0.39, 0.29) is 6.04 Å². The fourth-order valence-corrected chi connectivity index (χ4v) is 1.84. The van der Waals surface area contributed by atoms with Crippen molar-refractivity contribution in [1.29, 1.82) is 0 Å². The Labute approximate surface area is 108 Å². The first-order chi connectivity index (χ1) is 8.79. The van der Waals surface area contributed by atoms with Crippen molar-refractivity contribution in [3.05, 3.63) is 65.7 Å². The molecule has 2 nitrogen and oxygen atoms in total. The van der Waals surface area contributed by atoms with Crippen LogP contribution in [0, 0.1) is 0 Å². The van der Waals surface area contributed by atoms with E-state index >= 15 is 0 Å². The fraction of sp³-hybridized carbons (Fsp3) is 0.250. The first-order valence-electron chi connectivity index (χ1n) is 6.32. The van der Waals surface area contributed by atoms with Crippen molar-refractivity contribution in [2.75, 3.05) is 6.61 Å². The summed E-state index contributed by atoms with van der Waals surface area (Å²) < 4.78 is 5.67. The second kappa shape index (κ2) is 6.22. The minimum atomic E-state index is -0.0864. The van der Waals surface area contributed by atoms with Crippen LogP contribution in [0.15, 0.2) is 54.6 Å². The van der Waals surface area contributed by atoms with E-state index in [9.17, 15) is 0 Å². The van der Waals surface area contributed by atoms with Crippen LogP contribution < -0.4 is 10.5 Å². The molecule has 0 aromatic heterocycles. The summed E-state index contributed by atoms with van der Waals surface area (Å²) in [6.45, 7) is 2.64. The zero-order chi connectivity index (χ0) is 12.8. The van der Waals surface area contributed by atoms with Gasteiger partial charge in [-0.2, -0.15) is 0 Å². The van der Waals surface area contributed by atoms with Crippen molar-refractivity contribution >= 4 is 0 Å². The van der Waals surface area contributed by atoms with Crippen molar-refractivity contribution in [2.45, 2.75) is 19.4 Å². The Balaban J connectivity index is 1.97. The summed E-state index contributed by atoms with van der Waals surface area (Å²) in [4.78, 5) is 0. The lowest BCUT2D eigenvalue weighted by atomic mass is 10.0. The minimum Gasteiger partial charge on any atom is -0.492 e. The van der Waals surface area contributed by atoms with Crippen LogP contribution in [0.1, 0.15) is 24.1 Å².